The molecule has 1 aliphatic rings. The van der Waals surface area contributed by atoms with E-state index in [-0.39, 0.29) is 17.9 Å². The Balaban J connectivity index is 1.67. The maximum absolute atomic E-state index is 13.4. The smallest absolute Gasteiger partial charge is 0.259 e. The first kappa shape index (κ1) is 23.7. The summed E-state index contributed by atoms with van der Waals surface area (Å²) in [6.45, 7) is 6.87. The molecule has 0 saturated carbocycles. The molecule has 34 heavy (non-hydrogen) atoms. The molecule has 0 spiro atoms. The highest BCUT2D eigenvalue weighted by molar-refractivity contribution is 7.16. The average Bonchev–Trinajstić information content (AvgIpc) is 3.19. The number of aliphatic imine (C=N–C) groups is 1. The van der Waals surface area contributed by atoms with Crippen LogP contribution in [0.2, 0.25) is 0 Å². The number of hydrogen-bond donors (Lipinski definition) is 1. The number of fused-ring (bicyclic) bond motifs is 1. The molecule has 1 heterocycles. The monoisotopic (exact) mass is 471 g/mol. The summed E-state index contributed by atoms with van der Waals surface area (Å²) in [6.07, 6.45) is 4.69. The number of ether oxygens (including phenoxy) is 1. The lowest BCUT2D eigenvalue weighted by Gasteiger charge is -2.33. The Morgan fingerprint density at radius 1 is 1.24 bits per heavy atom. The van der Waals surface area contributed by atoms with Gasteiger partial charge < -0.3 is 10.1 Å². The van der Waals surface area contributed by atoms with E-state index in [1.54, 1.807) is 17.6 Å². The fourth-order valence-electron chi connectivity index (χ4n) is 4.28. The second kappa shape index (κ2) is 10.2. The number of nitrogens with zero attached hydrogens (tertiary/aromatic N) is 2. The highest BCUT2D eigenvalue weighted by atomic mass is 32.1. The van der Waals surface area contributed by atoms with Gasteiger partial charge in [-0.25, -0.2) is 4.99 Å². The zero-order valence-electron chi connectivity index (χ0n) is 19.8. The third kappa shape index (κ3) is 5.55. The van der Waals surface area contributed by atoms with E-state index < -0.39 is 0 Å². The van der Waals surface area contributed by atoms with Crippen molar-refractivity contribution in [2.24, 2.45) is 16.3 Å². The van der Waals surface area contributed by atoms with Gasteiger partial charge in [0.15, 0.2) is 6.61 Å². The number of benzene rings is 2. The van der Waals surface area contributed by atoms with Crippen LogP contribution in [0.5, 0.6) is 5.75 Å². The summed E-state index contributed by atoms with van der Waals surface area (Å²) >= 11 is 1.62. The first-order valence-electron chi connectivity index (χ1n) is 11.5. The molecule has 0 fully saturated rings. The molecule has 174 valence electrons. The average molecular weight is 472 g/mol. The van der Waals surface area contributed by atoms with Crippen molar-refractivity contribution in [3.05, 3.63) is 76.2 Å². The first-order chi connectivity index (χ1) is 16.3. The van der Waals surface area contributed by atoms with Gasteiger partial charge in [0.05, 0.1) is 5.56 Å². The molecule has 0 unspecified atom stereocenters. The zero-order chi connectivity index (χ0) is 24.1. The van der Waals surface area contributed by atoms with Crippen molar-refractivity contribution in [1.82, 2.24) is 0 Å². The van der Waals surface area contributed by atoms with Gasteiger partial charge in [0, 0.05) is 16.8 Å². The fraction of sp³-hybridized carbons (Fsp3) is 0.321. The van der Waals surface area contributed by atoms with Gasteiger partial charge in [-0.3, -0.25) is 4.79 Å². The van der Waals surface area contributed by atoms with Crippen LogP contribution in [-0.4, -0.2) is 18.7 Å². The maximum atomic E-state index is 13.4. The number of carbonyl (C=O) groups is 1. The molecule has 1 N–H and O–H groups in total. The number of amides is 1. The third-order valence-electron chi connectivity index (χ3n) is 6.22. The number of nitrogens with one attached hydrogen (secondary N) is 1. The number of thiophene rings is 1. The van der Waals surface area contributed by atoms with E-state index in [1.807, 2.05) is 60.7 Å². The Morgan fingerprint density at radius 2 is 2.03 bits per heavy atom. The normalized spacial score (nSPS) is 15.5. The molecular formula is C28H29N3O2S. The lowest BCUT2D eigenvalue weighted by atomic mass is 9.72. The van der Waals surface area contributed by atoms with Crippen LogP contribution in [0, 0.1) is 22.7 Å². The summed E-state index contributed by atoms with van der Waals surface area (Å²) in [5.41, 5.74) is 3.67. The Hall–Kier alpha value is -3.43. The number of carbonyl (C=O) groups excluding carboxylic acids is 1. The Kier molecular flexibility index (Phi) is 7.14. The Bertz CT molecular complexity index is 1230. The van der Waals surface area contributed by atoms with Crippen molar-refractivity contribution in [2.45, 2.75) is 40.0 Å². The number of hydrogen-bond acceptors (Lipinski definition) is 5. The van der Waals surface area contributed by atoms with Gasteiger partial charge in [-0.05, 0) is 66.0 Å². The van der Waals surface area contributed by atoms with Crippen LogP contribution in [-0.2, 0) is 12.8 Å². The minimum Gasteiger partial charge on any atom is -0.479 e. The summed E-state index contributed by atoms with van der Waals surface area (Å²) in [5.74, 6) is 1.08. The molecule has 1 aliphatic carbocycles. The first-order valence-corrected chi connectivity index (χ1v) is 12.3. The van der Waals surface area contributed by atoms with Crippen molar-refractivity contribution in [2.75, 3.05) is 11.9 Å². The van der Waals surface area contributed by atoms with Crippen molar-refractivity contribution in [1.29, 1.82) is 5.26 Å². The maximum Gasteiger partial charge on any atom is 0.259 e. The van der Waals surface area contributed by atoms with Crippen LogP contribution in [0.25, 0.3) is 0 Å². The Labute approximate surface area is 205 Å². The molecule has 1 aromatic heterocycles. The van der Waals surface area contributed by atoms with Crippen LogP contribution in [0.1, 0.15) is 53.6 Å². The number of para-hydroxylation sites is 1. The van der Waals surface area contributed by atoms with Crippen LogP contribution < -0.4 is 10.1 Å². The molecule has 1 amide bonds. The summed E-state index contributed by atoms with van der Waals surface area (Å²) < 4.78 is 5.40. The van der Waals surface area contributed by atoms with E-state index in [9.17, 15) is 4.79 Å². The van der Waals surface area contributed by atoms with E-state index in [4.69, 9.17) is 15.0 Å². The van der Waals surface area contributed by atoms with Gasteiger partial charge in [0.25, 0.3) is 5.91 Å². The highest BCUT2D eigenvalue weighted by Crippen LogP contribution is 2.45. The molecule has 4 rings (SSSR count). The van der Waals surface area contributed by atoms with E-state index in [0.29, 0.717) is 17.2 Å². The van der Waals surface area contributed by atoms with Gasteiger partial charge in [0.1, 0.15) is 16.8 Å². The highest BCUT2D eigenvalue weighted by Gasteiger charge is 2.33. The summed E-state index contributed by atoms with van der Waals surface area (Å²) in [5, 5.41) is 12.5. The van der Waals surface area contributed by atoms with Crippen LogP contribution in [0.15, 0.2) is 59.6 Å². The minimum atomic E-state index is -0.115. The van der Waals surface area contributed by atoms with Crippen molar-refractivity contribution in [3.63, 3.8) is 0 Å². The van der Waals surface area contributed by atoms with Crippen molar-refractivity contribution in [3.8, 4) is 11.8 Å². The van der Waals surface area contributed by atoms with Crippen LogP contribution in [0.3, 0.4) is 0 Å². The summed E-state index contributed by atoms with van der Waals surface area (Å²) in [4.78, 5) is 19.4. The number of rotatable bonds is 6. The summed E-state index contributed by atoms with van der Waals surface area (Å²) in [7, 11) is 0. The molecule has 1 atom stereocenters. The number of anilines is 1. The van der Waals surface area contributed by atoms with Crippen LogP contribution >= 0.6 is 11.3 Å². The standard InChI is InChI=1S/C28H29N3O2S/c1-28(2,3)20-12-13-23-24(17-20)34-27(25(23)26(32)31-21-9-5-4-6-10-21)30-18-19-8-7-11-22(16-19)33-15-14-29/h4-11,16,18,20H,12-13,15,17H2,1-3H3,(H,31,32)/t20-/m0/s1. The molecule has 3 aromatic rings. The van der Waals surface area contributed by atoms with E-state index >= 15 is 0 Å². The van der Waals surface area contributed by atoms with Crippen LogP contribution in [0.4, 0.5) is 10.7 Å². The molecule has 5 nitrogen and oxygen atoms in total. The molecule has 6 heteroatoms. The lowest BCUT2D eigenvalue weighted by molar-refractivity contribution is 0.102. The third-order valence-corrected chi connectivity index (χ3v) is 7.38. The predicted molar refractivity (Wildman–Crippen MR) is 138 cm³/mol. The van der Waals surface area contributed by atoms with E-state index in [2.05, 4.69) is 26.1 Å². The van der Waals surface area contributed by atoms with E-state index in [0.717, 1.165) is 41.1 Å². The van der Waals surface area contributed by atoms with E-state index in [1.165, 1.54) is 4.88 Å². The molecule has 2 aromatic carbocycles. The Morgan fingerprint density at radius 3 is 2.76 bits per heavy atom. The van der Waals surface area contributed by atoms with Gasteiger partial charge in [-0.2, -0.15) is 5.26 Å². The van der Waals surface area contributed by atoms with Gasteiger partial charge in [0.2, 0.25) is 0 Å². The van der Waals surface area contributed by atoms with Crippen molar-refractivity contribution < 1.29 is 9.53 Å². The summed E-state index contributed by atoms with van der Waals surface area (Å²) in [6, 6.07) is 18.9. The quantitative estimate of drug-likeness (QED) is 0.402. The second-order valence-electron chi connectivity index (χ2n) is 9.59. The zero-order valence-corrected chi connectivity index (χ0v) is 20.6. The molecular weight excluding hydrogens is 442 g/mol. The molecule has 0 radical (unpaired) electrons. The molecule has 0 aliphatic heterocycles. The predicted octanol–water partition coefficient (Wildman–Crippen LogP) is 6.80. The topological polar surface area (TPSA) is 74.5 Å². The molecule has 0 saturated heterocycles. The fourth-order valence-corrected chi connectivity index (χ4v) is 5.55. The second-order valence-corrected chi connectivity index (χ2v) is 10.7. The minimum absolute atomic E-state index is 0.00299. The van der Waals surface area contributed by atoms with Gasteiger partial charge in [-0.15, -0.1) is 11.3 Å². The SMILES string of the molecule is CC(C)(C)[C@H]1CCc2c(sc(N=Cc3cccc(OCC#N)c3)c2C(=O)Nc2ccccc2)C1. The largest absolute Gasteiger partial charge is 0.479 e. The van der Waals surface area contributed by atoms with Crippen molar-refractivity contribution >= 4 is 34.1 Å². The lowest BCUT2D eigenvalue weighted by Crippen LogP contribution is -2.27. The number of nitriles is 1. The van der Waals surface area contributed by atoms with Gasteiger partial charge in [-0.1, -0.05) is 51.1 Å². The van der Waals surface area contributed by atoms with Gasteiger partial charge >= 0.3 is 0 Å². The molecule has 0 bridgehead atoms.